The maximum atomic E-state index is 12.2. The summed E-state index contributed by atoms with van der Waals surface area (Å²) in [6.45, 7) is 10.3. The lowest BCUT2D eigenvalue weighted by molar-refractivity contribution is -0.0806. The van der Waals surface area contributed by atoms with Crippen LogP contribution < -0.4 is 0 Å². The Morgan fingerprint density at radius 2 is 1.87 bits per heavy atom. The van der Waals surface area contributed by atoms with Crippen LogP contribution in [0.25, 0.3) is 0 Å². The summed E-state index contributed by atoms with van der Waals surface area (Å²) in [6.07, 6.45) is 7.17. The first kappa shape index (κ1) is 19.8. The number of halogens is 3. The fourth-order valence-corrected chi connectivity index (χ4v) is 3.17. The molecule has 0 spiro atoms. The van der Waals surface area contributed by atoms with E-state index in [1.165, 1.54) is 30.9 Å². The SMILES string of the molecule is CC1=C(/C=C/C(C)=C/CC/C(C)=C/C(F)(F)F)C(C)(C)CCC1. The molecule has 0 unspecified atom stereocenters. The molecule has 0 aromatic carbocycles. The van der Waals surface area contributed by atoms with Crippen molar-refractivity contribution in [1.29, 1.82) is 0 Å². The molecule has 0 aromatic heterocycles. The Bertz CT molecular complexity index is 526. The van der Waals surface area contributed by atoms with Crippen molar-refractivity contribution in [3.63, 3.8) is 0 Å². The lowest BCUT2D eigenvalue weighted by Crippen LogP contribution is -2.19. The summed E-state index contributed by atoms with van der Waals surface area (Å²) < 4.78 is 36.7. The molecule has 0 radical (unpaired) electrons. The van der Waals surface area contributed by atoms with Gasteiger partial charge in [-0.2, -0.15) is 13.2 Å². The second-order valence-corrected chi connectivity index (χ2v) is 7.28. The highest BCUT2D eigenvalue weighted by Gasteiger charge is 2.26. The van der Waals surface area contributed by atoms with Gasteiger partial charge in [0.05, 0.1) is 0 Å². The summed E-state index contributed by atoms with van der Waals surface area (Å²) >= 11 is 0. The Morgan fingerprint density at radius 3 is 2.43 bits per heavy atom. The third-order valence-corrected chi connectivity index (χ3v) is 4.47. The topological polar surface area (TPSA) is 0 Å². The molecule has 1 rings (SSSR count). The molecule has 23 heavy (non-hydrogen) atoms. The highest BCUT2D eigenvalue weighted by molar-refractivity contribution is 5.35. The Kier molecular flexibility index (Phi) is 6.91. The van der Waals surface area contributed by atoms with Gasteiger partial charge in [-0.3, -0.25) is 0 Å². The molecule has 0 atom stereocenters. The van der Waals surface area contributed by atoms with Crippen molar-refractivity contribution >= 4 is 0 Å². The van der Waals surface area contributed by atoms with Gasteiger partial charge in [0.15, 0.2) is 0 Å². The summed E-state index contributed by atoms with van der Waals surface area (Å²) in [7, 11) is 0. The lowest BCUT2D eigenvalue weighted by atomic mass is 9.72. The first-order valence-corrected chi connectivity index (χ1v) is 8.31. The van der Waals surface area contributed by atoms with E-state index in [4.69, 9.17) is 0 Å². The van der Waals surface area contributed by atoms with E-state index in [0.717, 1.165) is 12.0 Å². The summed E-state index contributed by atoms with van der Waals surface area (Å²) in [5.41, 5.74) is 4.55. The van der Waals surface area contributed by atoms with Crippen LogP contribution in [0, 0.1) is 5.41 Å². The Labute approximate surface area is 138 Å². The average Bonchev–Trinajstić information content (AvgIpc) is 2.35. The quantitative estimate of drug-likeness (QED) is 0.367. The predicted octanol–water partition coefficient (Wildman–Crippen LogP) is 7.30. The minimum absolute atomic E-state index is 0.213. The summed E-state index contributed by atoms with van der Waals surface area (Å²) in [4.78, 5) is 0. The molecule has 1 aliphatic rings. The summed E-state index contributed by atoms with van der Waals surface area (Å²) in [5.74, 6) is 0. The molecule has 0 aliphatic heterocycles. The third kappa shape index (κ3) is 7.24. The number of hydrogen-bond donors (Lipinski definition) is 0. The smallest absolute Gasteiger partial charge is 0.167 e. The maximum Gasteiger partial charge on any atom is 0.409 e. The minimum atomic E-state index is -4.21. The zero-order valence-corrected chi connectivity index (χ0v) is 15.0. The molecule has 0 saturated carbocycles. The molecule has 1 aliphatic carbocycles. The van der Waals surface area contributed by atoms with Crippen LogP contribution >= 0.6 is 0 Å². The normalized spacial score (nSPS) is 20.5. The highest BCUT2D eigenvalue weighted by atomic mass is 19.4. The van der Waals surface area contributed by atoms with Crippen molar-refractivity contribution < 1.29 is 13.2 Å². The first-order chi connectivity index (χ1) is 10.5. The molecule has 0 aromatic rings. The van der Waals surface area contributed by atoms with Gasteiger partial charge in [-0.25, -0.2) is 0 Å². The molecular formula is C20H29F3. The van der Waals surface area contributed by atoms with Gasteiger partial charge in [-0.15, -0.1) is 0 Å². The van der Waals surface area contributed by atoms with E-state index >= 15 is 0 Å². The maximum absolute atomic E-state index is 12.2. The van der Waals surface area contributed by atoms with Gasteiger partial charge in [0.2, 0.25) is 0 Å². The van der Waals surface area contributed by atoms with Crippen molar-refractivity contribution in [1.82, 2.24) is 0 Å². The van der Waals surface area contributed by atoms with E-state index in [1.54, 1.807) is 0 Å². The van der Waals surface area contributed by atoms with Crippen LogP contribution in [0.1, 0.15) is 66.7 Å². The van der Waals surface area contributed by atoms with Gasteiger partial charge in [0, 0.05) is 6.08 Å². The van der Waals surface area contributed by atoms with E-state index in [2.05, 4.69) is 32.9 Å². The Hall–Kier alpha value is -1.25. The van der Waals surface area contributed by atoms with E-state index in [-0.39, 0.29) is 5.41 Å². The second kappa shape index (κ2) is 8.03. The largest absolute Gasteiger partial charge is 0.409 e. The Morgan fingerprint density at radius 1 is 1.22 bits per heavy atom. The number of allylic oxidation sites excluding steroid dienone is 8. The molecule has 130 valence electrons. The zero-order valence-electron chi connectivity index (χ0n) is 15.0. The first-order valence-electron chi connectivity index (χ1n) is 8.31. The molecule has 0 nitrogen and oxygen atoms in total. The monoisotopic (exact) mass is 326 g/mol. The van der Waals surface area contributed by atoms with Crippen LogP contribution in [0.15, 0.2) is 46.6 Å². The predicted molar refractivity (Wildman–Crippen MR) is 92.3 cm³/mol. The van der Waals surface area contributed by atoms with Crippen LogP contribution in [-0.4, -0.2) is 6.18 Å². The number of alkyl halides is 3. The molecule has 0 fully saturated rings. The fraction of sp³-hybridized carbons (Fsp3) is 0.600. The number of hydrogen-bond acceptors (Lipinski definition) is 0. The standard InChI is InChI=1S/C20H29F3/c1-15(8-6-9-16(2)14-20(21,22)23)11-12-18-17(3)10-7-13-19(18,4)5/h8,11-12,14H,6-7,9-10,13H2,1-5H3/b12-11+,15-8+,16-14+. The second-order valence-electron chi connectivity index (χ2n) is 7.28. The lowest BCUT2D eigenvalue weighted by Gasteiger charge is -2.32. The zero-order chi connectivity index (χ0) is 17.7. The van der Waals surface area contributed by atoms with Crippen LogP contribution in [-0.2, 0) is 0 Å². The number of rotatable bonds is 5. The van der Waals surface area contributed by atoms with Crippen molar-refractivity contribution in [3.05, 3.63) is 46.6 Å². The van der Waals surface area contributed by atoms with Crippen molar-refractivity contribution in [3.8, 4) is 0 Å². The molecule has 0 heterocycles. The van der Waals surface area contributed by atoms with Crippen LogP contribution in [0.5, 0.6) is 0 Å². The van der Waals surface area contributed by atoms with Crippen molar-refractivity contribution in [2.24, 2.45) is 5.41 Å². The molecule has 0 bridgehead atoms. The van der Waals surface area contributed by atoms with Crippen LogP contribution in [0.4, 0.5) is 13.2 Å². The van der Waals surface area contributed by atoms with Gasteiger partial charge in [-0.1, -0.05) is 48.8 Å². The van der Waals surface area contributed by atoms with E-state index < -0.39 is 6.18 Å². The molecule has 0 N–H and O–H groups in total. The average molecular weight is 326 g/mol. The van der Waals surface area contributed by atoms with Gasteiger partial charge in [-0.05, 0) is 63.9 Å². The van der Waals surface area contributed by atoms with Crippen LogP contribution in [0.3, 0.4) is 0 Å². The van der Waals surface area contributed by atoms with Gasteiger partial charge < -0.3 is 0 Å². The van der Waals surface area contributed by atoms with Crippen LogP contribution in [0.2, 0.25) is 0 Å². The van der Waals surface area contributed by atoms with Crippen molar-refractivity contribution in [2.75, 3.05) is 0 Å². The minimum Gasteiger partial charge on any atom is -0.167 e. The van der Waals surface area contributed by atoms with E-state index in [1.807, 2.05) is 13.0 Å². The highest BCUT2D eigenvalue weighted by Crippen LogP contribution is 2.40. The molecular weight excluding hydrogens is 297 g/mol. The van der Waals surface area contributed by atoms with E-state index in [0.29, 0.717) is 24.5 Å². The van der Waals surface area contributed by atoms with Gasteiger partial charge in [0.25, 0.3) is 0 Å². The molecule has 3 heteroatoms. The van der Waals surface area contributed by atoms with Gasteiger partial charge >= 0.3 is 6.18 Å². The molecule has 0 saturated heterocycles. The third-order valence-electron chi connectivity index (χ3n) is 4.47. The Balaban J connectivity index is 2.65. The van der Waals surface area contributed by atoms with Crippen molar-refractivity contribution in [2.45, 2.75) is 72.9 Å². The molecule has 0 amide bonds. The van der Waals surface area contributed by atoms with E-state index in [9.17, 15) is 13.2 Å². The fourth-order valence-electron chi connectivity index (χ4n) is 3.17. The summed E-state index contributed by atoms with van der Waals surface area (Å²) in [5, 5.41) is 0. The summed E-state index contributed by atoms with van der Waals surface area (Å²) in [6, 6.07) is 0. The van der Waals surface area contributed by atoms with Gasteiger partial charge in [0.1, 0.15) is 0 Å².